The van der Waals surface area contributed by atoms with Gasteiger partial charge in [0.15, 0.2) is 5.75 Å². The van der Waals surface area contributed by atoms with Crippen LogP contribution in [0.5, 0.6) is 5.75 Å². The van der Waals surface area contributed by atoms with Gasteiger partial charge in [0.1, 0.15) is 11.3 Å². The molecular weight excluding hydrogens is 459 g/mol. The average molecular weight is 483 g/mol. The number of nitrogens with zero attached hydrogens (tertiary/aromatic N) is 4. The first kappa shape index (κ1) is 22.2. The molecule has 0 atom stereocenters. The van der Waals surface area contributed by atoms with Gasteiger partial charge in [-0.15, -0.1) is 0 Å². The Labute approximate surface area is 206 Å². The molecule has 2 aliphatic rings. The van der Waals surface area contributed by atoms with Crippen molar-refractivity contribution in [1.29, 1.82) is 0 Å². The Morgan fingerprint density at radius 2 is 1.83 bits per heavy atom. The number of carbonyl (C=O) groups is 2. The van der Waals surface area contributed by atoms with Gasteiger partial charge in [-0.2, -0.15) is 0 Å². The highest BCUT2D eigenvalue weighted by Crippen LogP contribution is 2.41. The molecule has 7 nitrogen and oxygen atoms in total. The van der Waals surface area contributed by atoms with Crippen LogP contribution in [0.4, 0.5) is 4.39 Å². The summed E-state index contributed by atoms with van der Waals surface area (Å²) in [5.74, 6) is -1.15. The van der Waals surface area contributed by atoms with E-state index in [9.17, 15) is 19.1 Å². The first-order chi connectivity index (χ1) is 17.5. The van der Waals surface area contributed by atoms with E-state index < -0.39 is 0 Å². The molecule has 0 saturated heterocycles. The Kier molecular flexibility index (Phi) is 5.36. The molecule has 2 aromatic heterocycles. The molecule has 0 unspecified atom stereocenters. The smallest absolute Gasteiger partial charge is 0.258 e. The van der Waals surface area contributed by atoms with E-state index in [4.69, 9.17) is 0 Å². The van der Waals surface area contributed by atoms with Crippen LogP contribution in [-0.4, -0.2) is 42.7 Å². The number of carbonyl (C=O) groups excluding carboxylic acids is 2. The molecule has 2 aromatic carbocycles. The standard InChI is InChI=1S/C28H23FN4O3/c29-18-8-6-17(7-9-18)14-32-16-22-23(21-5-3-13-31-25(21)26(34)24(22)27(32)35)28(36)33(20-10-11-20)15-19-4-1-2-12-30-19/h1-9,12-13,20,34H,10-11,14-16H2. The minimum atomic E-state index is -0.379. The van der Waals surface area contributed by atoms with Crippen LogP contribution >= 0.6 is 0 Å². The number of aromatic hydroxyl groups is 1. The third-order valence-corrected chi connectivity index (χ3v) is 6.80. The van der Waals surface area contributed by atoms with E-state index in [1.807, 2.05) is 23.1 Å². The maximum absolute atomic E-state index is 14.1. The molecule has 0 radical (unpaired) electrons. The van der Waals surface area contributed by atoms with Gasteiger partial charge in [0.05, 0.1) is 23.4 Å². The maximum Gasteiger partial charge on any atom is 0.258 e. The average Bonchev–Trinajstić information content (AvgIpc) is 3.69. The minimum Gasteiger partial charge on any atom is -0.505 e. The summed E-state index contributed by atoms with van der Waals surface area (Å²) in [7, 11) is 0. The zero-order chi connectivity index (χ0) is 24.8. The number of phenolic OH excluding ortho intramolecular Hbond substituents is 1. The predicted octanol–water partition coefficient (Wildman–Crippen LogP) is 4.44. The molecular formula is C28H23FN4O3. The lowest BCUT2D eigenvalue weighted by Crippen LogP contribution is -2.34. The lowest BCUT2D eigenvalue weighted by atomic mass is 9.95. The third kappa shape index (κ3) is 3.84. The molecule has 1 saturated carbocycles. The summed E-state index contributed by atoms with van der Waals surface area (Å²) in [5.41, 5.74) is 2.76. The fraction of sp³-hybridized carbons (Fsp3) is 0.214. The van der Waals surface area contributed by atoms with Crippen LogP contribution in [-0.2, 0) is 19.6 Å². The minimum absolute atomic E-state index is 0.100. The zero-order valence-corrected chi connectivity index (χ0v) is 19.4. The number of halogens is 1. The van der Waals surface area contributed by atoms with E-state index >= 15 is 0 Å². The van der Waals surface area contributed by atoms with Gasteiger partial charge < -0.3 is 14.9 Å². The Morgan fingerprint density at radius 3 is 2.56 bits per heavy atom. The first-order valence-electron chi connectivity index (χ1n) is 11.9. The van der Waals surface area contributed by atoms with Crippen LogP contribution in [0, 0.1) is 5.82 Å². The lowest BCUT2D eigenvalue weighted by Gasteiger charge is -2.24. The van der Waals surface area contributed by atoms with Crippen molar-refractivity contribution in [2.75, 3.05) is 0 Å². The van der Waals surface area contributed by atoms with E-state index in [1.165, 1.54) is 18.3 Å². The number of benzene rings is 2. The summed E-state index contributed by atoms with van der Waals surface area (Å²) in [6.07, 6.45) is 5.05. The highest BCUT2D eigenvalue weighted by atomic mass is 19.1. The quantitative estimate of drug-likeness (QED) is 0.439. The summed E-state index contributed by atoms with van der Waals surface area (Å²) in [4.78, 5) is 39.7. The summed E-state index contributed by atoms with van der Waals surface area (Å²) in [5, 5.41) is 11.6. The second-order valence-corrected chi connectivity index (χ2v) is 9.25. The second-order valence-electron chi connectivity index (χ2n) is 9.25. The first-order valence-corrected chi connectivity index (χ1v) is 11.9. The van der Waals surface area contributed by atoms with Gasteiger partial charge in [-0.1, -0.05) is 24.3 Å². The van der Waals surface area contributed by atoms with Crippen molar-refractivity contribution in [2.45, 2.75) is 38.5 Å². The van der Waals surface area contributed by atoms with Crippen LogP contribution in [0.2, 0.25) is 0 Å². The fourth-order valence-electron chi connectivity index (χ4n) is 4.90. The number of rotatable bonds is 6. The fourth-order valence-corrected chi connectivity index (χ4v) is 4.90. The summed E-state index contributed by atoms with van der Waals surface area (Å²) in [6.45, 7) is 0.743. The molecule has 1 aliphatic carbocycles. The molecule has 0 bridgehead atoms. The van der Waals surface area contributed by atoms with Gasteiger partial charge in [0.2, 0.25) is 0 Å². The normalized spacial score (nSPS) is 14.8. The van der Waals surface area contributed by atoms with Gasteiger partial charge in [0.25, 0.3) is 11.8 Å². The number of hydrogen-bond acceptors (Lipinski definition) is 5. The molecule has 8 heteroatoms. The van der Waals surface area contributed by atoms with Crippen LogP contribution in [0.25, 0.3) is 10.9 Å². The van der Waals surface area contributed by atoms with Crippen molar-refractivity contribution in [2.24, 2.45) is 0 Å². The van der Waals surface area contributed by atoms with Gasteiger partial charge in [-0.3, -0.25) is 19.6 Å². The summed E-state index contributed by atoms with van der Waals surface area (Å²) < 4.78 is 13.4. The van der Waals surface area contributed by atoms with Crippen molar-refractivity contribution in [3.8, 4) is 5.75 Å². The predicted molar refractivity (Wildman–Crippen MR) is 131 cm³/mol. The van der Waals surface area contributed by atoms with E-state index in [2.05, 4.69) is 9.97 Å². The van der Waals surface area contributed by atoms with Crippen molar-refractivity contribution in [3.05, 3.63) is 101 Å². The number of aromatic nitrogens is 2. The number of phenols is 1. The SMILES string of the molecule is O=C1c2c(c(C(=O)N(Cc3ccccn3)C3CC3)c3cccnc3c2O)CN1Cc1ccc(F)cc1. The highest BCUT2D eigenvalue weighted by Gasteiger charge is 2.40. The molecule has 4 aromatic rings. The van der Waals surface area contributed by atoms with Crippen molar-refractivity contribution in [1.82, 2.24) is 19.8 Å². The second kappa shape index (κ2) is 8.71. The molecule has 1 N–H and O–H groups in total. The molecule has 1 aliphatic heterocycles. The van der Waals surface area contributed by atoms with Crippen LogP contribution in [0.15, 0.2) is 67.0 Å². The summed E-state index contributed by atoms with van der Waals surface area (Å²) >= 11 is 0. The number of hydrogen-bond donors (Lipinski definition) is 1. The lowest BCUT2D eigenvalue weighted by molar-refractivity contribution is 0.0722. The van der Waals surface area contributed by atoms with Crippen LogP contribution < -0.4 is 0 Å². The maximum atomic E-state index is 14.1. The number of pyridine rings is 2. The summed E-state index contributed by atoms with van der Waals surface area (Å²) in [6, 6.07) is 15.1. The van der Waals surface area contributed by atoms with Crippen LogP contribution in [0.3, 0.4) is 0 Å². The molecule has 3 heterocycles. The molecule has 0 spiro atoms. The van der Waals surface area contributed by atoms with Crippen molar-refractivity contribution >= 4 is 22.7 Å². The molecule has 2 amide bonds. The zero-order valence-electron chi connectivity index (χ0n) is 19.4. The molecule has 6 rings (SSSR count). The van der Waals surface area contributed by atoms with Gasteiger partial charge in [-0.05, 0) is 48.7 Å². The Bertz CT molecular complexity index is 1490. The Balaban J connectivity index is 1.44. The monoisotopic (exact) mass is 482 g/mol. The van der Waals surface area contributed by atoms with Crippen LogP contribution in [0.1, 0.15) is 50.4 Å². The Hall–Kier alpha value is -4.33. The van der Waals surface area contributed by atoms with Gasteiger partial charge >= 0.3 is 0 Å². The number of amides is 2. The molecule has 1 fully saturated rings. The largest absolute Gasteiger partial charge is 0.505 e. The molecule has 36 heavy (non-hydrogen) atoms. The third-order valence-electron chi connectivity index (χ3n) is 6.80. The van der Waals surface area contributed by atoms with Crippen molar-refractivity contribution < 1.29 is 19.1 Å². The van der Waals surface area contributed by atoms with Gasteiger partial charge in [-0.25, -0.2) is 4.39 Å². The topological polar surface area (TPSA) is 86.6 Å². The highest BCUT2D eigenvalue weighted by molar-refractivity contribution is 6.15. The van der Waals surface area contributed by atoms with Crippen molar-refractivity contribution in [3.63, 3.8) is 0 Å². The van der Waals surface area contributed by atoms with E-state index in [-0.39, 0.29) is 53.6 Å². The van der Waals surface area contributed by atoms with E-state index in [0.717, 1.165) is 24.1 Å². The van der Waals surface area contributed by atoms with E-state index in [1.54, 1.807) is 35.4 Å². The molecule has 180 valence electrons. The number of fused-ring (bicyclic) bond motifs is 2. The van der Waals surface area contributed by atoms with Gasteiger partial charge in [0, 0.05) is 42.5 Å². The Morgan fingerprint density at radius 1 is 1.06 bits per heavy atom. The van der Waals surface area contributed by atoms with E-state index in [0.29, 0.717) is 23.1 Å².